The molecule has 0 saturated heterocycles. The molecule has 21 heavy (non-hydrogen) atoms. The van der Waals surface area contributed by atoms with Crippen molar-refractivity contribution in [3.8, 4) is 11.6 Å². The fourth-order valence-electron chi connectivity index (χ4n) is 2.71. The summed E-state index contributed by atoms with van der Waals surface area (Å²) in [5.41, 5.74) is 5.06. The monoisotopic (exact) mass is 298 g/mol. The molecule has 4 rings (SSSR count). The molecule has 3 N–H and O–H groups in total. The zero-order valence-corrected chi connectivity index (χ0v) is 12.4. The van der Waals surface area contributed by atoms with E-state index in [0.717, 1.165) is 28.6 Å². The van der Waals surface area contributed by atoms with Gasteiger partial charge in [-0.1, -0.05) is 0 Å². The topological polar surface area (TPSA) is 89.6 Å². The van der Waals surface area contributed by atoms with Crippen molar-refractivity contribution in [2.75, 3.05) is 5.43 Å². The van der Waals surface area contributed by atoms with Gasteiger partial charge in [0.25, 0.3) is 0 Å². The molecule has 3 heterocycles. The molecule has 106 valence electrons. The predicted octanol–water partition coefficient (Wildman–Crippen LogP) is 2.23. The highest BCUT2D eigenvalue weighted by Gasteiger charge is 2.22. The molecule has 0 radical (unpaired) electrons. The van der Waals surface area contributed by atoms with Crippen LogP contribution in [-0.4, -0.2) is 19.9 Å². The Labute approximate surface area is 125 Å². The normalized spacial score (nSPS) is 13.6. The third-order valence-electron chi connectivity index (χ3n) is 3.68. The first-order chi connectivity index (χ1) is 10.3. The molecule has 0 atom stereocenters. The fraction of sp³-hybridized carbons (Fsp3) is 0.286. The fourth-order valence-corrected chi connectivity index (χ4v) is 3.97. The lowest BCUT2D eigenvalue weighted by Crippen LogP contribution is -2.10. The first-order valence-electron chi connectivity index (χ1n) is 6.84. The maximum absolute atomic E-state index is 5.66. The van der Waals surface area contributed by atoms with Crippen molar-refractivity contribution in [2.24, 2.45) is 5.84 Å². The van der Waals surface area contributed by atoms with Gasteiger partial charge in [0.05, 0.1) is 5.39 Å². The predicted molar refractivity (Wildman–Crippen MR) is 83.0 cm³/mol. The van der Waals surface area contributed by atoms with Crippen molar-refractivity contribution in [3.05, 3.63) is 28.4 Å². The van der Waals surface area contributed by atoms with Gasteiger partial charge in [-0.3, -0.25) is 0 Å². The zero-order chi connectivity index (χ0) is 14.4. The van der Waals surface area contributed by atoms with Gasteiger partial charge in [0.1, 0.15) is 4.83 Å². The van der Waals surface area contributed by atoms with Crippen LogP contribution in [-0.2, 0) is 12.8 Å². The second-order valence-electron chi connectivity index (χ2n) is 5.16. The van der Waals surface area contributed by atoms with E-state index in [1.165, 1.54) is 16.9 Å². The van der Waals surface area contributed by atoms with E-state index in [2.05, 4.69) is 25.4 Å². The Morgan fingerprint density at radius 3 is 2.71 bits per heavy atom. The van der Waals surface area contributed by atoms with E-state index >= 15 is 0 Å². The third kappa shape index (κ3) is 1.97. The van der Waals surface area contributed by atoms with Crippen molar-refractivity contribution in [3.63, 3.8) is 0 Å². The minimum atomic E-state index is 0.510. The van der Waals surface area contributed by atoms with Gasteiger partial charge in [-0.05, 0) is 37.3 Å². The molecular formula is C14H14N6S. The summed E-state index contributed by atoms with van der Waals surface area (Å²) >= 11 is 1.73. The van der Waals surface area contributed by atoms with Gasteiger partial charge in [-0.25, -0.2) is 25.8 Å². The van der Waals surface area contributed by atoms with Gasteiger partial charge in [0.15, 0.2) is 11.6 Å². The van der Waals surface area contributed by atoms with E-state index < -0.39 is 0 Å². The van der Waals surface area contributed by atoms with Crippen molar-refractivity contribution in [2.45, 2.75) is 26.2 Å². The van der Waals surface area contributed by atoms with E-state index in [0.29, 0.717) is 17.5 Å². The highest BCUT2D eigenvalue weighted by Crippen LogP contribution is 2.39. The van der Waals surface area contributed by atoms with Crippen LogP contribution in [0.1, 0.15) is 22.4 Å². The first-order valence-corrected chi connectivity index (χ1v) is 7.66. The van der Waals surface area contributed by atoms with Crippen molar-refractivity contribution < 1.29 is 0 Å². The summed E-state index contributed by atoms with van der Waals surface area (Å²) in [7, 11) is 0. The Bertz CT molecular complexity index is 824. The Balaban J connectivity index is 1.94. The second-order valence-corrected chi connectivity index (χ2v) is 6.25. The average Bonchev–Trinajstić information content (AvgIpc) is 3.07. The van der Waals surface area contributed by atoms with Crippen LogP contribution >= 0.6 is 11.3 Å². The summed E-state index contributed by atoms with van der Waals surface area (Å²) in [6.45, 7) is 1.95. The molecular weight excluding hydrogens is 284 g/mol. The number of fused-ring (bicyclic) bond motifs is 3. The van der Waals surface area contributed by atoms with Crippen LogP contribution in [0, 0.1) is 6.92 Å². The third-order valence-corrected chi connectivity index (χ3v) is 4.87. The molecule has 3 aromatic rings. The number of nitrogen functional groups attached to an aromatic ring is 1. The van der Waals surface area contributed by atoms with Crippen molar-refractivity contribution in [1.29, 1.82) is 0 Å². The summed E-state index contributed by atoms with van der Waals surface area (Å²) in [6, 6.07) is 0. The smallest absolute Gasteiger partial charge is 0.201 e. The SMILES string of the molecule is Cc1cnc(-c2nc(NN)c3c4c(sc3n2)CCC4)nc1. The number of nitrogens with one attached hydrogen (secondary N) is 1. The molecule has 0 fully saturated rings. The summed E-state index contributed by atoms with van der Waals surface area (Å²) < 4.78 is 0. The number of anilines is 1. The number of hydrogen-bond acceptors (Lipinski definition) is 7. The van der Waals surface area contributed by atoms with Crippen LogP contribution < -0.4 is 11.3 Å². The van der Waals surface area contributed by atoms with E-state index in [1.54, 1.807) is 23.7 Å². The zero-order valence-electron chi connectivity index (χ0n) is 11.6. The summed E-state index contributed by atoms with van der Waals surface area (Å²) in [4.78, 5) is 20.1. The Hall–Kier alpha value is -2.12. The summed E-state index contributed by atoms with van der Waals surface area (Å²) in [6.07, 6.45) is 6.92. The van der Waals surface area contributed by atoms with Gasteiger partial charge < -0.3 is 5.43 Å². The van der Waals surface area contributed by atoms with Crippen LogP contribution in [0.25, 0.3) is 21.9 Å². The maximum atomic E-state index is 5.66. The molecule has 0 amide bonds. The number of hydrogen-bond donors (Lipinski definition) is 2. The van der Waals surface area contributed by atoms with Crippen LogP contribution in [0.3, 0.4) is 0 Å². The molecule has 0 unspecified atom stereocenters. The van der Waals surface area contributed by atoms with Gasteiger partial charge >= 0.3 is 0 Å². The molecule has 0 bridgehead atoms. The first kappa shape index (κ1) is 12.6. The molecule has 1 aliphatic rings. The highest BCUT2D eigenvalue weighted by atomic mass is 32.1. The number of rotatable bonds is 2. The maximum Gasteiger partial charge on any atom is 0.201 e. The number of hydrazine groups is 1. The van der Waals surface area contributed by atoms with E-state index in [9.17, 15) is 0 Å². The largest absolute Gasteiger partial charge is 0.308 e. The Morgan fingerprint density at radius 1 is 1.14 bits per heavy atom. The van der Waals surface area contributed by atoms with Gasteiger partial charge in [-0.15, -0.1) is 11.3 Å². The molecule has 0 saturated carbocycles. The lowest BCUT2D eigenvalue weighted by molar-refractivity contribution is 0.917. The van der Waals surface area contributed by atoms with Gasteiger partial charge in [-0.2, -0.15) is 0 Å². The molecule has 6 nitrogen and oxygen atoms in total. The van der Waals surface area contributed by atoms with Crippen LogP contribution in [0.15, 0.2) is 12.4 Å². The summed E-state index contributed by atoms with van der Waals surface area (Å²) in [5.74, 6) is 7.36. The van der Waals surface area contributed by atoms with Crippen LogP contribution in [0.5, 0.6) is 0 Å². The lowest BCUT2D eigenvalue weighted by Gasteiger charge is -2.06. The number of thiophene rings is 1. The highest BCUT2D eigenvalue weighted by molar-refractivity contribution is 7.19. The van der Waals surface area contributed by atoms with Crippen molar-refractivity contribution in [1.82, 2.24) is 19.9 Å². The Morgan fingerprint density at radius 2 is 1.95 bits per heavy atom. The van der Waals surface area contributed by atoms with Gasteiger partial charge in [0, 0.05) is 17.3 Å². The summed E-state index contributed by atoms with van der Waals surface area (Å²) in [5, 5.41) is 1.06. The minimum absolute atomic E-state index is 0.510. The van der Waals surface area contributed by atoms with Crippen LogP contribution in [0.2, 0.25) is 0 Å². The van der Waals surface area contributed by atoms with Crippen molar-refractivity contribution >= 4 is 27.4 Å². The van der Waals surface area contributed by atoms with E-state index in [1.807, 2.05) is 6.92 Å². The average molecular weight is 298 g/mol. The number of nitrogens with two attached hydrogens (primary N) is 1. The molecule has 0 aromatic carbocycles. The number of nitrogens with zero attached hydrogens (tertiary/aromatic N) is 4. The number of aromatic nitrogens is 4. The van der Waals surface area contributed by atoms with Gasteiger partial charge in [0.2, 0.25) is 5.82 Å². The molecule has 3 aromatic heterocycles. The number of aryl methyl sites for hydroxylation is 3. The quantitative estimate of drug-likeness (QED) is 0.557. The molecule has 7 heteroatoms. The standard InChI is InChI=1S/C14H14N6S/c1-7-5-16-12(17-6-7)13-18-11(20-15)10-8-3-2-4-9(8)21-14(10)19-13/h5-6H,2-4,15H2,1H3,(H,18,19,20). The lowest BCUT2D eigenvalue weighted by atomic mass is 10.2. The Kier molecular flexibility index (Phi) is 2.83. The van der Waals surface area contributed by atoms with Crippen LogP contribution in [0.4, 0.5) is 5.82 Å². The second kappa shape index (κ2) is 4.71. The molecule has 0 aliphatic heterocycles. The van der Waals surface area contributed by atoms with E-state index in [-0.39, 0.29) is 0 Å². The molecule has 0 spiro atoms. The molecule has 1 aliphatic carbocycles. The van der Waals surface area contributed by atoms with E-state index in [4.69, 9.17) is 5.84 Å². The minimum Gasteiger partial charge on any atom is -0.308 e.